The lowest BCUT2D eigenvalue weighted by Gasteiger charge is -1.90. The number of nitrogens with two attached hydrogens (primary N) is 1. The van der Waals surface area contributed by atoms with Crippen molar-refractivity contribution >= 4 is 11.5 Å². The molecular formula is C14H10N6. The van der Waals surface area contributed by atoms with Crippen LogP contribution in [0.1, 0.15) is 11.1 Å². The molecule has 0 fully saturated rings. The van der Waals surface area contributed by atoms with E-state index in [1.54, 1.807) is 24.4 Å². The van der Waals surface area contributed by atoms with Crippen molar-refractivity contribution in [1.82, 2.24) is 14.4 Å². The molecule has 6 heteroatoms. The van der Waals surface area contributed by atoms with E-state index in [9.17, 15) is 0 Å². The average Bonchev–Trinajstić information content (AvgIpc) is 2.95. The zero-order chi connectivity index (χ0) is 14.4. The van der Waals surface area contributed by atoms with Crippen LogP contribution in [-0.2, 0) is 0 Å². The van der Waals surface area contributed by atoms with Gasteiger partial charge in [-0.15, -0.1) is 0 Å². The van der Waals surface area contributed by atoms with Crippen LogP contribution in [0, 0.1) is 22.7 Å². The van der Waals surface area contributed by atoms with Gasteiger partial charge in [-0.3, -0.25) is 0 Å². The van der Waals surface area contributed by atoms with E-state index in [2.05, 4.69) is 16.0 Å². The maximum atomic E-state index is 8.55. The molecule has 0 saturated carbocycles. The SMILES string of the molecule is N#Cc1ccn2ccnc2c1.N#Cc1ccnc(N)c1. The van der Waals surface area contributed by atoms with Crippen molar-refractivity contribution in [3.8, 4) is 12.1 Å². The maximum Gasteiger partial charge on any atom is 0.137 e. The predicted octanol–water partition coefficient (Wildman–Crippen LogP) is 1.74. The standard InChI is InChI=1S/C8H5N3.C6H5N3/c9-6-7-1-3-11-4-2-10-8(11)5-7;7-4-5-1-2-9-6(8)3-5/h1-5H;1-3H,(H2,8,9). The van der Waals surface area contributed by atoms with Crippen LogP contribution in [0.25, 0.3) is 5.65 Å². The van der Waals surface area contributed by atoms with Crippen molar-refractivity contribution in [1.29, 1.82) is 10.5 Å². The molecule has 2 N–H and O–H groups in total. The van der Waals surface area contributed by atoms with Gasteiger partial charge in [0.05, 0.1) is 23.3 Å². The quantitative estimate of drug-likeness (QED) is 0.664. The molecule has 3 heterocycles. The Balaban J connectivity index is 0.000000151. The molecule has 3 aromatic rings. The van der Waals surface area contributed by atoms with Gasteiger partial charge < -0.3 is 10.1 Å². The van der Waals surface area contributed by atoms with Crippen LogP contribution in [0.3, 0.4) is 0 Å². The highest BCUT2D eigenvalue weighted by atomic mass is 15.0. The number of hydrogen-bond donors (Lipinski definition) is 1. The minimum atomic E-state index is 0.383. The molecule has 6 nitrogen and oxygen atoms in total. The van der Waals surface area contributed by atoms with E-state index in [-0.39, 0.29) is 0 Å². The maximum absolute atomic E-state index is 8.55. The average molecular weight is 262 g/mol. The zero-order valence-electron chi connectivity index (χ0n) is 10.4. The second-order valence-corrected chi connectivity index (χ2v) is 3.80. The molecule has 0 atom stereocenters. The van der Waals surface area contributed by atoms with E-state index in [0.717, 1.165) is 5.65 Å². The highest BCUT2D eigenvalue weighted by Crippen LogP contribution is 2.03. The molecule has 3 aromatic heterocycles. The summed E-state index contributed by atoms with van der Waals surface area (Å²) in [6.07, 6.45) is 6.88. The molecule has 0 aliphatic heterocycles. The minimum Gasteiger partial charge on any atom is -0.384 e. The first-order valence-corrected chi connectivity index (χ1v) is 5.67. The molecular weight excluding hydrogens is 252 g/mol. The van der Waals surface area contributed by atoms with Crippen LogP contribution >= 0.6 is 0 Å². The molecule has 0 radical (unpaired) electrons. The lowest BCUT2D eigenvalue weighted by atomic mass is 10.3. The van der Waals surface area contributed by atoms with Crippen molar-refractivity contribution in [2.45, 2.75) is 0 Å². The number of rotatable bonds is 0. The minimum absolute atomic E-state index is 0.383. The molecule has 3 rings (SSSR count). The summed E-state index contributed by atoms with van der Waals surface area (Å²) in [5.41, 5.74) is 7.27. The van der Waals surface area contributed by atoms with Crippen LogP contribution in [0.5, 0.6) is 0 Å². The van der Waals surface area contributed by atoms with Gasteiger partial charge in [-0.05, 0) is 24.3 Å². The van der Waals surface area contributed by atoms with Crippen LogP contribution in [0.2, 0.25) is 0 Å². The molecule has 0 unspecified atom stereocenters. The van der Waals surface area contributed by atoms with Crippen molar-refractivity contribution in [3.05, 3.63) is 60.2 Å². The smallest absolute Gasteiger partial charge is 0.137 e. The summed E-state index contributed by atoms with van der Waals surface area (Å²) in [6, 6.07) is 10.6. The molecule has 0 amide bonds. The van der Waals surface area contributed by atoms with Gasteiger partial charge in [-0.1, -0.05) is 0 Å². The van der Waals surface area contributed by atoms with Crippen LogP contribution in [-0.4, -0.2) is 14.4 Å². The van der Waals surface area contributed by atoms with Crippen LogP contribution in [0.15, 0.2) is 49.1 Å². The number of nitrogens with zero attached hydrogens (tertiary/aromatic N) is 5. The number of anilines is 1. The van der Waals surface area contributed by atoms with Gasteiger partial charge in [-0.2, -0.15) is 10.5 Å². The number of aromatic nitrogens is 3. The first-order chi connectivity index (χ1) is 9.72. The number of pyridine rings is 2. The summed E-state index contributed by atoms with van der Waals surface area (Å²) in [4.78, 5) is 7.75. The van der Waals surface area contributed by atoms with E-state index < -0.39 is 0 Å². The van der Waals surface area contributed by atoms with Crippen molar-refractivity contribution < 1.29 is 0 Å². The van der Waals surface area contributed by atoms with Gasteiger partial charge in [0.25, 0.3) is 0 Å². The topological polar surface area (TPSA) is 104 Å². The Morgan fingerprint density at radius 1 is 0.950 bits per heavy atom. The number of hydrogen-bond acceptors (Lipinski definition) is 5. The Hall–Kier alpha value is -3.38. The molecule has 0 aliphatic rings. The molecule has 20 heavy (non-hydrogen) atoms. The number of nitriles is 2. The molecule has 0 aliphatic carbocycles. The molecule has 0 aromatic carbocycles. The van der Waals surface area contributed by atoms with Crippen LogP contribution < -0.4 is 5.73 Å². The molecule has 96 valence electrons. The molecule has 0 bridgehead atoms. The second-order valence-electron chi connectivity index (χ2n) is 3.80. The zero-order valence-corrected chi connectivity index (χ0v) is 10.4. The van der Waals surface area contributed by atoms with Crippen molar-refractivity contribution in [2.24, 2.45) is 0 Å². The summed E-state index contributed by atoms with van der Waals surface area (Å²) in [7, 11) is 0. The summed E-state index contributed by atoms with van der Waals surface area (Å²) in [6.45, 7) is 0. The normalized spacial score (nSPS) is 9.10. The Bertz CT molecular complexity index is 806. The van der Waals surface area contributed by atoms with Gasteiger partial charge >= 0.3 is 0 Å². The van der Waals surface area contributed by atoms with Gasteiger partial charge in [0.1, 0.15) is 11.5 Å². The van der Waals surface area contributed by atoms with E-state index in [1.807, 2.05) is 22.9 Å². The largest absolute Gasteiger partial charge is 0.384 e. The second kappa shape index (κ2) is 5.98. The Labute approximate surface area is 115 Å². The first-order valence-electron chi connectivity index (χ1n) is 5.67. The third kappa shape index (κ3) is 3.09. The summed E-state index contributed by atoms with van der Waals surface area (Å²) < 4.78 is 1.86. The summed E-state index contributed by atoms with van der Waals surface area (Å²) >= 11 is 0. The summed E-state index contributed by atoms with van der Waals surface area (Å²) in [5.74, 6) is 0.383. The fourth-order valence-corrected chi connectivity index (χ4v) is 1.50. The highest BCUT2D eigenvalue weighted by molar-refractivity contribution is 5.45. The Kier molecular flexibility index (Phi) is 3.91. The summed E-state index contributed by atoms with van der Waals surface area (Å²) in [5, 5.41) is 16.9. The monoisotopic (exact) mass is 262 g/mol. The van der Waals surface area contributed by atoms with Gasteiger partial charge in [0.15, 0.2) is 0 Å². The van der Waals surface area contributed by atoms with Gasteiger partial charge in [0, 0.05) is 24.8 Å². The van der Waals surface area contributed by atoms with E-state index in [1.165, 1.54) is 12.3 Å². The fraction of sp³-hybridized carbons (Fsp3) is 0. The van der Waals surface area contributed by atoms with E-state index in [0.29, 0.717) is 16.9 Å². The van der Waals surface area contributed by atoms with Gasteiger partial charge in [-0.25, -0.2) is 9.97 Å². The van der Waals surface area contributed by atoms with E-state index in [4.69, 9.17) is 16.3 Å². The number of imidazole rings is 1. The van der Waals surface area contributed by atoms with Gasteiger partial charge in [0.2, 0.25) is 0 Å². The lowest BCUT2D eigenvalue weighted by molar-refractivity contribution is 1.18. The number of fused-ring (bicyclic) bond motifs is 1. The van der Waals surface area contributed by atoms with E-state index >= 15 is 0 Å². The van der Waals surface area contributed by atoms with Crippen molar-refractivity contribution in [3.63, 3.8) is 0 Å². The molecule has 0 saturated heterocycles. The van der Waals surface area contributed by atoms with Crippen LogP contribution in [0.4, 0.5) is 5.82 Å². The fourth-order valence-electron chi connectivity index (χ4n) is 1.50. The Morgan fingerprint density at radius 2 is 1.70 bits per heavy atom. The predicted molar refractivity (Wildman–Crippen MR) is 73.3 cm³/mol. The Morgan fingerprint density at radius 3 is 2.35 bits per heavy atom. The lowest BCUT2D eigenvalue weighted by Crippen LogP contribution is -1.88. The number of nitrogen functional groups attached to an aromatic ring is 1. The molecule has 0 spiro atoms. The third-order valence-electron chi connectivity index (χ3n) is 2.44. The third-order valence-corrected chi connectivity index (χ3v) is 2.44. The first kappa shape index (κ1) is 13.1. The van der Waals surface area contributed by atoms with Crippen molar-refractivity contribution in [2.75, 3.05) is 5.73 Å². The highest BCUT2D eigenvalue weighted by Gasteiger charge is 1.93.